The fraction of sp³-hybridized carbons (Fsp3) is 0.286. The highest BCUT2D eigenvalue weighted by Crippen LogP contribution is 2.41. The number of thiophene rings is 1. The predicted molar refractivity (Wildman–Crippen MR) is 103 cm³/mol. The summed E-state index contributed by atoms with van der Waals surface area (Å²) in [5.74, 6) is 1.70. The van der Waals surface area contributed by atoms with Crippen LogP contribution in [0.1, 0.15) is 6.92 Å². The molecule has 0 aromatic carbocycles. The van der Waals surface area contributed by atoms with Crippen LogP contribution in [0.4, 0.5) is 13.2 Å². The molecule has 3 aromatic heterocycles. The molecule has 0 radical (unpaired) electrons. The second-order valence-corrected chi connectivity index (χ2v) is 10.1. The number of hydrogen-bond donors (Lipinski definition) is 0. The third kappa shape index (κ3) is 3.86. The van der Waals surface area contributed by atoms with E-state index >= 15 is 0 Å². The molecule has 0 saturated heterocycles. The van der Waals surface area contributed by atoms with Gasteiger partial charge in [0.05, 0.1) is 25.0 Å². The average Bonchev–Trinajstić information content (AvgIpc) is 2.98. The Morgan fingerprint density at radius 1 is 1.33 bits per heavy atom. The Kier molecular flexibility index (Phi) is 5.38. The molecular formula is C14H11F3IN3S3. The first-order valence-corrected chi connectivity index (χ1v) is 10.5. The van der Waals surface area contributed by atoms with Crippen LogP contribution in [0.15, 0.2) is 28.3 Å². The van der Waals surface area contributed by atoms with Gasteiger partial charge in [0.15, 0.2) is 5.82 Å². The minimum atomic E-state index is -4.35. The highest BCUT2D eigenvalue weighted by Gasteiger charge is 2.30. The lowest BCUT2D eigenvalue weighted by Crippen LogP contribution is -2.00. The topological polar surface area (TPSA) is 30.7 Å². The highest BCUT2D eigenvalue weighted by atomic mass is 127. The normalized spacial score (nSPS) is 12.2. The second kappa shape index (κ2) is 7.04. The molecule has 3 nitrogen and oxygen atoms in total. The smallest absolute Gasteiger partial charge is 0.325 e. The molecule has 0 saturated carbocycles. The van der Waals surface area contributed by atoms with Gasteiger partial charge in [-0.2, -0.15) is 13.2 Å². The Hall–Kier alpha value is -0.460. The fourth-order valence-electron chi connectivity index (χ4n) is 2.21. The number of halogens is 4. The number of pyridine rings is 1. The van der Waals surface area contributed by atoms with Crippen molar-refractivity contribution in [1.29, 1.82) is 0 Å². The lowest BCUT2D eigenvalue weighted by Gasteiger charge is -2.04. The van der Waals surface area contributed by atoms with Gasteiger partial charge < -0.3 is 4.57 Å². The van der Waals surface area contributed by atoms with Gasteiger partial charge in [-0.15, -0.1) is 23.1 Å². The minimum absolute atomic E-state index is 0.0939. The number of rotatable bonds is 4. The summed E-state index contributed by atoms with van der Waals surface area (Å²) in [5.41, 5.74) is -3.12. The number of aryl methyl sites for hydroxylation is 1. The molecule has 0 fully saturated rings. The second-order valence-electron chi connectivity index (χ2n) is 4.73. The van der Waals surface area contributed by atoms with Crippen LogP contribution in [0.2, 0.25) is 0 Å². The molecule has 10 heteroatoms. The molecule has 128 valence electrons. The summed E-state index contributed by atoms with van der Waals surface area (Å²) in [6.45, 7) is 2.08. The fourth-order valence-corrected chi connectivity index (χ4v) is 5.82. The molecule has 0 aliphatic carbocycles. The van der Waals surface area contributed by atoms with Crippen LogP contribution < -0.4 is 0 Å². The van der Waals surface area contributed by atoms with Crippen LogP contribution in [-0.2, 0) is 7.05 Å². The SMILES string of the molecule is CCSc1cc(I)sc1-c1nc2cc(SC(F)(F)F)ncc2n1C. The van der Waals surface area contributed by atoms with Crippen molar-refractivity contribution in [2.24, 2.45) is 7.05 Å². The largest absolute Gasteiger partial charge is 0.447 e. The van der Waals surface area contributed by atoms with Crippen LogP contribution in [0.25, 0.3) is 21.7 Å². The first-order chi connectivity index (χ1) is 11.3. The summed E-state index contributed by atoms with van der Waals surface area (Å²) in [4.78, 5) is 10.6. The van der Waals surface area contributed by atoms with Gasteiger partial charge in [0.2, 0.25) is 0 Å². The summed E-state index contributed by atoms with van der Waals surface area (Å²) in [7, 11) is 1.86. The number of thioether (sulfide) groups is 2. The third-order valence-corrected chi connectivity index (χ3v) is 6.74. The van der Waals surface area contributed by atoms with E-state index in [9.17, 15) is 13.2 Å². The molecule has 0 aliphatic heterocycles. The summed E-state index contributed by atoms with van der Waals surface area (Å²) >= 11 is 5.41. The van der Waals surface area contributed by atoms with Gasteiger partial charge in [0, 0.05) is 23.7 Å². The van der Waals surface area contributed by atoms with Gasteiger partial charge in [0.1, 0.15) is 5.03 Å². The molecule has 24 heavy (non-hydrogen) atoms. The number of alkyl halides is 3. The van der Waals surface area contributed by atoms with E-state index in [1.165, 1.54) is 12.3 Å². The van der Waals surface area contributed by atoms with E-state index in [-0.39, 0.29) is 16.8 Å². The van der Waals surface area contributed by atoms with E-state index in [1.807, 2.05) is 11.6 Å². The maximum Gasteiger partial charge on any atom is 0.447 e. The van der Waals surface area contributed by atoms with Gasteiger partial charge >= 0.3 is 5.51 Å². The molecule has 0 N–H and O–H groups in total. The minimum Gasteiger partial charge on any atom is -0.325 e. The van der Waals surface area contributed by atoms with Gasteiger partial charge in [-0.05, 0) is 40.5 Å². The van der Waals surface area contributed by atoms with Crippen molar-refractivity contribution in [2.75, 3.05) is 5.75 Å². The lowest BCUT2D eigenvalue weighted by atomic mass is 10.4. The zero-order chi connectivity index (χ0) is 17.5. The summed E-state index contributed by atoms with van der Waals surface area (Å²) in [6.07, 6.45) is 1.45. The van der Waals surface area contributed by atoms with Crippen molar-refractivity contribution < 1.29 is 13.2 Å². The number of hydrogen-bond acceptors (Lipinski definition) is 5. The molecule has 0 bridgehead atoms. The zero-order valence-corrected chi connectivity index (χ0v) is 17.1. The third-order valence-electron chi connectivity index (χ3n) is 3.13. The van der Waals surface area contributed by atoms with Crippen LogP contribution in [0, 0.1) is 2.88 Å². The van der Waals surface area contributed by atoms with Crippen molar-refractivity contribution in [2.45, 2.75) is 22.4 Å². The van der Waals surface area contributed by atoms with Crippen LogP contribution in [-0.4, -0.2) is 25.8 Å². The quantitative estimate of drug-likeness (QED) is 0.323. The van der Waals surface area contributed by atoms with Gasteiger partial charge in [-0.1, -0.05) is 6.92 Å². The Balaban J connectivity index is 2.08. The van der Waals surface area contributed by atoms with Crippen LogP contribution >= 0.6 is 57.5 Å². The van der Waals surface area contributed by atoms with Crippen LogP contribution in [0.5, 0.6) is 0 Å². The van der Waals surface area contributed by atoms with E-state index in [1.54, 1.807) is 23.1 Å². The van der Waals surface area contributed by atoms with E-state index < -0.39 is 5.51 Å². The first-order valence-electron chi connectivity index (χ1n) is 6.79. The van der Waals surface area contributed by atoms with Crippen molar-refractivity contribution >= 4 is 68.5 Å². The monoisotopic (exact) mass is 501 g/mol. The standard InChI is InChI=1S/C14H11F3IN3S3/c1-3-22-9-5-10(18)23-12(9)13-20-7-4-11(24-14(15,16)17)19-6-8(7)21(13)2/h4-6H,3H2,1-2H3. The summed E-state index contributed by atoms with van der Waals surface area (Å²) in [5, 5.41) is -0.0939. The first kappa shape index (κ1) is 18.3. The van der Waals surface area contributed by atoms with E-state index in [2.05, 4.69) is 45.5 Å². The molecule has 3 aromatic rings. The number of nitrogens with zero attached hydrogens (tertiary/aromatic N) is 3. The van der Waals surface area contributed by atoms with Crippen molar-refractivity contribution in [3.8, 4) is 10.7 Å². The van der Waals surface area contributed by atoms with Gasteiger partial charge in [0.25, 0.3) is 0 Å². The molecule has 0 amide bonds. The lowest BCUT2D eigenvalue weighted by molar-refractivity contribution is -0.0329. The molecule has 0 unspecified atom stereocenters. The Morgan fingerprint density at radius 2 is 2.08 bits per heavy atom. The molecular weight excluding hydrogens is 490 g/mol. The molecule has 0 spiro atoms. The summed E-state index contributed by atoms with van der Waals surface area (Å²) < 4.78 is 40.6. The number of imidazole rings is 1. The van der Waals surface area contributed by atoms with Crippen molar-refractivity contribution in [3.05, 3.63) is 21.2 Å². The van der Waals surface area contributed by atoms with Crippen molar-refractivity contribution in [3.63, 3.8) is 0 Å². The maximum atomic E-state index is 12.5. The molecule has 3 heterocycles. The molecule has 0 atom stereocenters. The average molecular weight is 501 g/mol. The van der Waals surface area contributed by atoms with Gasteiger partial charge in [-0.25, -0.2) is 9.97 Å². The Labute approximate surface area is 162 Å². The van der Waals surface area contributed by atoms with Crippen LogP contribution in [0.3, 0.4) is 0 Å². The Morgan fingerprint density at radius 3 is 2.75 bits per heavy atom. The van der Waals surface area contributed by atoms with E-state index in [4.69, 9.17) is 0 Å². The molecule has 0 aliphatic rings. The van der Waals surface area contributed by atoms with Crippen molar-refractivity contribution in [1.82, 2.24) is 14.5 Å². The maximum absolute atomic E-state index is 12.5. The Bertz CT molecular complexity index is 889. The number of fused-ring (bicyclic) bond motifs is 1. The molecule has 3 rings (SSSR count). The highest BCUT2D eigenvalue weighted by molar-refractivity contribution is 14.1. The summed E-state index contributed by atoms with van der Waals surface area (Å²) in [6, 6.07) is 3.50. The van der Waals surface area contributed by atoms with E-state index in [0.717, 1.165) is 24.2 Å². The predicted octanol–water partition coefficient (Wildman–Crippen LogP) is 6.03. The zero-order valence-electron chi connectivity index (χ0n) is 12.5. The van der Waals surface area contributed by atoms with Gasteiger partial charge in [-0.3, -0.25) is 0 Å². The van der Waals surface area contributed by atoms with E-state index in [0.29, 0.717) is 11.0 Å². The number of aromatic nitrogens is 3.